The molecule has 0 amide bonds. The van der Waals surface area contributed by atoms with E-state index in [0.717, 1.165) is 30.9 Å². The summed E-state index contributed by atoms with van der Waals surface area (Å²) in [6, 6.07) is 64.5. The van der Waals surface area contributed by atoms with Crippen LogP contribution in [0.2, 0.25) is 0 Å². The third-order valence-corrected chi connectivity index (χ3v) is 14.1. The molecule has 272 valence electrons. The summed E-state index contributed by atoms with van der Waals surface area (Å²) in [7, 11) is 2.05. The summed E-state index contributed by atoms with van der Waals surface area (Å²) in [5.74, 6) is 2.45. The first-order valence-electron chi connectivity index (χ1n) is 19.9. The molecule has 0 N–H and O–H groups in total. The Balaban J connectivity index is 1.12. The van der Waals surface area contributed by atoms with Crippen LogP contribution in [0.5, 0.6) is 0 Å². The fraction of sp³-hybridized carbons (Fsp3) is 0.135. The van der Waals surface area contributed by atoms with Crippen LogP contribution in [0.25, 0.3) is 49.7 Å². The summed E-state index contributed by atoms with van der Waals surface area (Å²) < 4.78 is 4.88. The lowest BCUT2D eigenvalue weighted by Crippen LogP contribution is -2.31. The number of fused-ring (bicyclic) bond motifs is 6. The minimum Gasteiger partial charge on any atom is -0.309 e. The van der Waals surface area contributed by atoms with E-state index in [0.29, 0.717) is 0 Å². The molecule has 0 saturated heterocycles. The Kier molecular flexibility index (Phi) is 8.92. The SMILES string of the molecule is CCCS1=C(c2ccccc2)[N+](C)=C(CCC2c3ccccc3-c3cc4c(cc32)c2ccccc2n4-c2ccccc2)N=C1c1ccccc1-c1ccccc1. The van der Waals surface area contributed by atoms with Gasteiger partial charge in [0.2, 0.25) is 5.04 Å². The first-order valence-corrected chi connectivity index (χ1v) is 21.3. The van der Waals surface area contributed by atoms with Crippen molar-refractivity contribution in [3.8, 4) is 27.9 Å². The largest absolute Gasteiger partial charge is 0.309 e. The van der Waals surface area contributed by atoms with Gasteiger partial charge < -0.3 is 4.57 Å². The highest BCUT2D eigenvalue weighted by Gasteiger charge is 2.35. The predicted molar refractivity (Wildman–Crippen MR) is 240 cm³/mol. The van der Waals surface area contributed by atoms with Crippen LogP contribution in [-0.2, 0) is 0 Å². The molecule has 3 nitrogen and oxygen atoms in total. The lowest BCUT2D eigenvalue weighted by molar-refractivity contribution is -0.368. The highest BCUT2D eigenvalue weighted by atomic mass is 32.2. The maximum Gasteiger partial charge on any atom is 0.300 e. The minimum absolute atomic E-state index is 0.208. The molecule has 0 bridgehead atoms. The van der Waals surface area contributed by atoms with Crippen molar-refractivity contribution in [1.29, 1.82) is 0 Å². The summed E-state index contributed by atoms with van der Waals surface area (Å²) in [5.41, 5.74) is 14.2. The molecule has 0 fully saturated rings. The maximum atomic E-state index is 5.74. The smallest absolute Gasteiger partial charge is 0.300 e. The van der Waals surface area contributed by atoms with Gasteiger partial charge in [-0.2, -0.15) is 0 Å². The van der Waals surface area contributed by atoms with E-state index in [1.54, 1.807) is 0 Å². The molecule has 2 unspecified atom stereocenters. The van der Waals surface area contributed by atoms with Crippen molar-refractivity contribution >= 4 is 48.2 Å². The number of benzene rings is 7. The predicted octanol–water partition coefficient (Wildman–Crippen LogP) is 12.7. The highest BCUT2D eigenvalue weighted by Crippen LogP contribution is 2.50. The van der Waals surface area contributed by atoms with Crippen LogP contribution in [0, 0.1) is 0 Å². The molecule has 0 spiro atoms. The molecular formula is C52H44N3S+. The van der Waals surface area contributed by atoms with Gasteiger partial charge in [0.15, 0.2) is 4.99 Å². The van der Waals surface area contributed by atoms with E-state index < -0.39 is 0 Å². The van der Waals surface area contributed by atoms with Crippen LogP contribution in [0.15, 0.2) is 181 Å². The third kappa shape index (κ3) is 5.79. The van der Waals surface area contributed by atoms with Gasteiger partial charge in [0.25, 0.3) is 5.84 Å². The quantitative estimate of drug-likeness (QED) is 0.104. The second-order valence-corrected chi connectivity index (χ2v) is 16.9. The molecule has 56 heavy (non-hydrogen) atoms. The van der Waals surface area contributed by atoms with Crippen molar-refractivity contribution in [3.63, 3.8) is 0 Å². The van der Waals surface area contributed by atoms with Crippen molar-refractivity contribution in [2.45, 2.75) is 32.1 Å². The van der Waals surface area contributed by atoms with Crippen LogP contribution in [0.3, 0.4) is 0 Å². The van der Waals surface area contributed by atoms with Crippen LogP contribution < -0.4 is 0 Å². The van der Waals surface area contributed by atoms with E-state index in [1.807, 2.05) is 0 Å². The molecule has 1 aromatic heterocycles. The van der Waals surface area contributed by atoms with Crippen molar-refractivity contribution in [1.82, 2.24) is 4.57 Å². The van der Waals surface area contributed by atoms with Crippen LogP contribution in [0.1, 0.15) is 54.4 Å². The molecule has 7 aromatic carbocycles. The zero-order chi connectivity index (χ0) is 37.6. The van der Waals surface area contributed by atoms with Crippen LogP contribution in [0.4, 0.5) is 0 Å². The lowest BCUT2D eigenvalue weighted by Gasteiger charge is -2.22. The standard InChI is InChI=1S/C52H44N3S/c1-3-33-56-51(44-29-16-13-25-39(44)36-19-7-4-8-20-36)53-50(54(2)52(56)37-21-9-5-10-22-37)32-31-42-40-26-14-15-27-41(40)46-35-49-47(34-45(42)46)43-28-17-18-30-48(43)55(49)38-23-11-6-12-24-38/h4-30,34-35,42H,3,31-33H2,1-2H3/q+1. The zero-order valence-corrected chi connectivity index (χ0v) is 32.7. The second-order valence-electron chi connectivity index (χ2n) is 14.9. The van der Waals surface area contributed by atoms with E-state index in [-0.39, 0.29) is 16.4 Å². The topological polar surface area (TPSA) is 20.3 Å². The number of nitrogens with zero attached hydrogens (tertiary/aromatic N) is 3. The zero-order valence-electron chi connectivity index (χ0n) is 31.9. The summed E-state index contributed by atoms with van der Waals surface area (Å²) in [4.78, 5) is 7.12. The summed E-state index contributed by atoms with van der Waals surface area (Å²) >= 11 is 0. The monoisotopic (exact) mass is 742 g/mol. The molecule has 0 saturated carbocycles. The van der Waals surface area contributed by atoms with Gasteiger partial charge >= 0.3 is 0 Å². The van der Waals surface area contributed by atoms with E-state index in [2.05, 4.69) is 199 Å². The Hall–Kier alpha value is -6.10. The van der Waals surface area contributed by atoms with Gasteiger partial charge in [0.1, 0.15) is 0 Å². The molecular weight excluding hydrogens is 699 g/mol. The van der Waals surface area contributed by atoms with E-state index in [1.165, 1.54) is 82.0 Å². The van der Waals surface area contributed by atoms with Gasteiger partial charge in [-0.25, -0.2) is 4.58 Å². The van der Waals surface area contributed by atoms with Gasteiger partial charge in [0, 0.05) is 33.5 Å². The summed E-state index contributed by atoms with van der Waals surface area (Å²) in [6.45, 7) is 2.30. The molecule has 4 heteroatoms. The molecule has 2 atom stereocenters. The number of aliphatic imine (C=N–C) groups is 1. The normalized spacial score (nSPS) is 16.3. The Bertz CT molecular complexity index is 2860. The first kappa shape index (κ1) is 34.4. The van der Waals surface area contributed by atoms with E-state index in [9.17, 15) is 0 Å². The van der Waals surface area contributed by atoms with Gasteiger partial charge in [-0.05, 0) is 93.4 Å². The second kappa shape index (κ2) is 14.5. The van der Waals surface area contributed by atoms with Gasteiger partial charge in [0.05, 0.1) is 24.5 Å². The summed E-state index contributed by atoms with van der Waals surface area (Å²) in [6.07, 6.45) is 2.91. The number of para-hydroxylation sites is 2. The molecule has 1 aliphatic heterocycles. The number of aromatic nitrogens is 1. The number of hydrogen-bond donors (Lipinski definition) is 0. The Morgan fingerprint density at radius 1 is 0.571 bits per heavy atom. The molecule has 10 rings (SSSR count). The van der Waals surface area contributed by atoms with E-state index in [4.69, 9.17) is 4.99 Å². The molecule has 0 radical (unpaired) electrons. The number of amidine groups is 1. The summed E-state index contributed by atoms with van der Waals surface area (Å²) in [5, 5.41) is 3.81. The first-order chi connectivity index (χ1) is 27.7. The van der Waals surface area contributed by atoms with Crippen LogP contribution in [-0.4, -0.2) is 37.8 Å². The molecule has 8 aromatic rings. The minimum atomic E-state index is -0.208. The average molecular weight is 743 g/mol. The van der Waals surface area contributed by atoms with Crippen molar-refractivity contribution in [2.24, 2.45) is 4.99 Å². The van der Waals surface area contributed by atoms with Crippen molar-refractivity contribution in [2.75, 3.05) is 12.8 Å². The van der Waals surface area contributed by atoms with Crippen LogP contribution >= 0.6 is 10.5 Å². The van der Waals surface area contributed by atoms with Gasteiger partial charge in [-0.1, -0.05) is 157 Å². The highest BCUT2D eigenvalue weighted by molar-refractivity contribution is 8.29. The molecule has 2 aliphatic rings. The Morgan fingerprint density at radius 2 is 1.20 bits per heavy atom. The van der Waals surface area contributed by atoms with Gasteiger partial charge in [-0.15, -0.1) is 0 Å². The maximum absolute atomic E-state index is 5.74. The average Bonchev–Trinajstić information content (AvgIpc) is 3.75. The van der Waals surface area contributed by atoms with Crippen molar-refractivity contribution < 1.29 is 4.58 Å². The molecule has 2 heterocycles. The Labute approximate surface area is 331 Å². The fourth-order valence-electron chi connectivity index (χ4n) is 9.10. The third-order valence-electron chi connectivity index (χ3n) is 11.6. The van der Waals surface area contributed by atoms with E-state index >= 15 is 0 Å². The van der Waals surface area contributed by atoms with Crippen molar-refractivity contribution in [3.05, 3.63) is 198 Å². The van der Waals surface area contributed by atoms with Gasteiger partial charge in [-0.3, -0.25) is 0 Å². The number of rotatable bonds is 9. The Morgan fingerprint density at radius 3 is 1.95 bits per heavy atom. The molecule has 1 aliphatic carbocycles. The fourth-order valence-corrected chi connectivity index (χ4v) is 11.6. The lowest BCUT2D eigenvalue weighted by atomic mass is 9.91. The number of hydrogen-bond acceptors (Lipinski definition) is 1.